The Labute approximate surface area is 167 Å². The second kappa shape index (κ2) is 8.57. The van der Waals surface area contributed by atoms with Gasteiger partial charge in [0, 0.05) is 35.2 Å². The van der Waals surface area contributed by atoms with Crippen molar-refractivity contribution in [3.05, 3.63) is 58.6 Å². The molecular weight excluding hydrogens is 408 g/mol. The van der Waals surface area contributed by atoms with Crippen molar-refractivity contribution in [2.75, 3.05) is 11.4 Å². The Hall–Kier alpha value is -2.34. The Bertz CT molecular complexity index is 820. The van der Waals surface area contributed by atoms with Crippen LogP contribution in [0.5, 0.6) is 5.75 Å². The molecule has 27 heavy (non-hydrogen) atoms. The number of hydrogen-bond donors (Lipinski definition) is 1. The number of anilines is 1. The quantitative estimate of drug-likeness (QED) is 0.755. The summed E-state index contributed by atoms with van der Waals surface area (Å²) in [5.74, 6) is 0.287. The Balaban J connectivity index is 1.61. The van der Waals surface area contributed by atoms with Crippen molar-refractivity contribution in [1.82, 2.24) is 5.32 Å². The van der Waals surface area contributed by atoms with Gasteiger partial charge in [-0.05, 0) is 44.2 Å². The first-order chi connectivity index (χ1) is 12.9. The molecule has 0 bridgehead atoms. The second-order valence-electron chi connectivity index (χ2n) is 6.87. The molecule has 3 rings (SSSR count). The largest absolute Gasteiger partial charge is 0.491 e. The fraction of sp³-hybridized carbons (Fsp3) is 0.333. The molecule has 1 heterocycles. The van der Waals surface area contributed by atoms with Gasteiger partial charge >= 0.3 is 0 Å². The third-order valence-electron chi connectivity index (χ3n) is 4.42. The Morgan fingerprint density at radius 1 is 1.22 bits per heavy atom. The summed E-state index contributed by atoms with van der Waals surface area (Å²) in [6, 6.07) is 15.2. The number of ether oxygens (including phenoxy) is 1. The number of para-hydroxylation sites is 1. The zero-order valence-electron chi connectivity index (χ0n) is 15.4. The van der Waals surface area contributed by atoms with E-state index in [2.05, 4.69) is 21.2 Å². The number of benzene rings is 2. The molecule has 5 nitrogen and oxygen atoms in total. The molecule has 142 valence electrons. The van der Waals surface area contributed by atoms with Crippen LogP contribution in [0.4, 0.5) is 5.69 Å². The normalized spacial score (nSPS) is 16.7. The van der Waals surface area contributed by atoms with E-state index in [1.165, 1.54) is 0 Å². The van der Waals surface area contributed by atoms with Crippen molar-refractivity contribution in [2.45, 2.75) is 32.9 Å². The van der Waals surface area contributed by atoms with Gasteiger partial charge in [0.25, 0.3) is 0 Å². The first kappa shape index (κ1) is 19.4. The van der Waals surface area contributed by atoms with Crippen LogP contribution in [0.25, 0.3) is 0 Å². The minimum absolute atomic E-state index is 0.0268. The fourth-order valence-corrected chi connectivity index (χ4v) is 3.36. The maximum Gasteiger partial charge on any atom is 0.227 e. The van der Waals surface area contributed by atoms with Gasteiger partial charge in [0.1, 0.15) is 5.75 Å². The molecule has 0 unspecified atom stereocenters. The number of nitrogens with one attached hydrogen (secondary N) is 1. The molecule has 1 atom stereocenters. The lowest BCUT2D eigenvalue weighted by Gasteiger charge is -2.17. The van der Waals surface area contributed by atoms with Crippen molar-refractivity contribution < 1.29 is 14.3 Å². The smallest absolute Gasteiger partial charge is 0.227 e. The molecule has 6 heteroatoms. The van der Waals surface area contributed by atoms with Gasteiger partial charge in [-0.2, -0.15) is 0 Å². The van der Waals surface area contributed by atoms with E-state index in [1.807, 2.05) is 62.4 Å². The predicted molar refractivity (Wildman–Crippen MR) is 109 cm³/mol. The number of hydrogen-bond acceptors (Lipinski definition) is 3. The van der Waals surface area contributed by atoms with Gasteiger partial charge in [0.15, 0.2) is 0 Å². The lowest BCUT2D eigenvalue weighted by molar-refractivity contribution is -0.126. The van der Waals surface area contributed by atoms with Crippen LogP contribution in [0.1, 0.15) is 25.8 Å². The average molecular weight is 431 g/mol. The minimum atomic E-state index is -0.348. The van der Waals surface area contributed by atoms with Gasteiger partial charge in [-0.3, -0.25) is 9.59 Å². The van der Waals surface area contributed by atoms with Crippen LogP contribution >= 0.6 is 15.9 Å². The molecule has 1 fully saturated rings. The molecule has 0 aliphatic carbocycles. The molecule has 1 saturated heterocycles. The molecule has 2 aromatic rings. The topological polar surface area (TPSA) is 58.6 Å². The van der Waals surface area contributed by atoms with Crippen LogP contribution in [0.15, 0.2) is 53.0 Å². The van der Waals surface area contributed by atoms with Crippen LogP contribution in [0, 0.1) is 5.92 Å². The van der Waals surface area contributed by atoms with Gasteiger partial charge in [-0.15, -0.1) is 0 Å². The summed E-state index contributed by atoms with van der Waals surface area (Å²) < 4.78 is 6.74. The summed E-state index contributed by atoms with van der Waals surface area (Å²) in [6.07, 6.45) is 0.292. The molecular formula is C21H23BrN2O3. The highest BCUT2D eigenvalue weighted by atomic mass is 79.9. The fourth-order valence-electron chi connectivity index (χ4n) is 3.10. The van der Waals surface area contributed by atoms with Gasteiger partial charge in [-0.1, -0.05) is 34.1 Å². The molecule has 1 aliphatic rings. The monoisotopic (exact) mass is 430 g/mol. The summed E-state index contributed by atoms with van der Waals surface area (Å²) in [7, 11) is 0. The van der Waals surface area contributed by atoms with E-state index < -0.39 is 0 Å². The van der Waals surface area contributed by atoms with Crippen molar-refractivity contribution >= 4 is 33.4 Å². The highest BCUT2D eigenvalue weighted by molar-refractivity contribution is 9.10. The number of carbonyl (C=O) groups excluding carboxylic acids is 2. The van der Waals surface area contributed by atoms with Gasteiger partial charge in [0.2, 0.25) is 11.8 Å². The van der Waals surface area contributed by atoms with E-state index in [1.54, 1.807) is 4.90 Å². The van der Waals surface area contributed by atoms with Crippen LogP contribution in [0.3, 0.4) is 0 Å². The zero-order chi connectivity index (χ0) is 19.4. The predicted octanol–water partition coefficient (Wildman–Crippen LogP) is 3.91. The van der Waals surface area contributed by atoms with Crippen molar-refractivity contribution in [3.63, 3.8) is 0 Å². The Kier molecular flexibility index (Phi) is 6.16. The lowest BCUT2D eigenvalue weighted by atomic mass is 10.1. The van der Waals surface area contributed by atoms with E-state index in [0.29, 0.717) is 13.1 Å². The summed E-state index contributed by atoms with van der Waals surface area (Å²) in [6.45, 7) is 4.72. The van der Waals surface area contributed by atoms with E-state index in [0.717, 1.165) is 21.5 Å². The molecule has 0 aromatic heterocycles. The standard InChI is InChI=1S/C21H23BrN2O3/c1-14(2)27-19-6-4-3-5-15(19)12-23-21(26)16-11-20(25)24(13-16)18-9-7-17(22)8-10-18/h3-10,14,16H,11-13H2,1-2H3,(H,23,26)/t16-/m1/s1. The van der Waals surface area contributed by atoms with Crippen LogP contribution in [-0.2, 0) is 16.1 Å². The number of carbonyl (C=O) groups is 2. The highest BCUT2D eigenvalue weighted by Crippen LogP contribution is 2.27. The van der Waals surface area contributed by atoms with Crippen LogP contribution in [-0.4, -0.2) is 24.5 Å². The maximum atomic E-state index is 12.6. The molecule has 2 amide bonds. The summed E-state index contributed by atoms with van der Waals surface area (Å²) in [5.41, 5.74) is 1.74. The van der Waals surface area contributed by atoms with Gasteiger partial charge < -0.3 is 15.0 Å². The highest BCUT2D eigenvalue weighted by Gasteiger charge is 2.35. The first-order valence-corrected chi connectivity index (χ1v) is 9.81. The molecule has 1 aliphatic heterocycles. The zero-order valence-corrected chi connectivity index (χ0v) is 17.0. The summed E-state index contributed by atoms with van der Waals surface area (Å²) in [5, 5.41) is 2.95. The average Bonchev–Trinajstić information content (AvgIpc) is 3.03. The summed E-state index contributed by atoms with van der Waals surface area (Å²) >= 11 is 3.39. The number of rotatable bonds is 6. The first-order valence-electron chi connectivity index (χ1n) is 9.02. The Morgan fingerprint density at radius 2 is 1.93 bits per heavy atom. The number of amides is 2. The van der Waals surface area contributed by atoms with Crippen LogP contribution < -0.4 is 15.0 Å². The Morgan fingerprint density at radius 3 is 2.63 bits per heavy atom. The van der Waals surface area contributed by atoms with E-state index in [9.17, 15) is 9.59 Å². The molecule has 0 spiro atoms. The minimum Gasteiger partial charge on any atom is -0.491 e. The second-order valence-corrected chi connectivity index (χ2v) is 7.79. The van der Waals surface area contributed by atoms with E-state index in [4.69, 9.17) is 4.74 Å². The molecule has 0 radical (unpaired) electrons. The van der Waals surface area contributed by atoms with Crippen LogP contribution in [0.2, 0.25) is 0 Å². The third kappa shape index (κ3) is 4.89. The lowest BCUT2D eigenvalue weighted by Crippen LogP contribution is -2.32. The molecule has 1 N–H and O–H groups in total. The van der Waals surface area contributed by atoms with Crippen molar-refractivity contribution in [3.8, 4) is 5.75 Å². The number of halogens is 1. The van der Waals surface area contributed by atoms with Gasteiger partial charge in [-0.25, -0.2) is 0 Å². The summed E-state index contributed by atoms with van der Waals surface area (Å²) in [4.78, 5) is 26.6. The maximum absolute atomic E-state index is 12.6. The van der Waals surface area contributed by atoms with Crippen molar-refractivity contribution in [2.24, 2.45) is 5.92 Å². The van der Waals surface area contributed by atoms with E-state index in [-0.39, 0.29) is 30.3 Å². The van der Waals surface area contributed by atoms with E-state index >= 15 is 0 Å². The van der Waals surface area contributed by atoms with Crippen molar-refractivity contribution in [1.29, 1.82) is 0 Å². The molecule has 0 saturated carbocycles. The third-order valence-corrected chi connectivity index (χ3v) is 4.95. The number of nitrogens with zero attached hydrogens (tertiary/aromatic N) is 1. The molecule has 2 aromatic carbocycles. The van der Waals surface area contributed by atoms with Gasteiger partial charge in [0.05, 0.1) is 12.0 Å². The SMILES string of the molecule is CC(C)Oc1ccccc1CNC(=O)[C@@H]1CC(=O)N(c2ccc(Br)cc2)C1.